The molecule has 0 unspecified atom stereocenters. The Morgan fingerprint density at radius 2 is 2.38 bits per heavy atom. The molecular formula is C17H17KN3O2S-. The second-order valence-corrected chi connectivity index (χ2v) is 5.84. The van der Waals surface area contributed by atoms with Crippen LogP contribution in [-0.4, -0.2) is 22.7 Å². The van der Waals surface area contributed by atoms with Gasteiger partial charge in [0.25, 0.3) is 0 Å². The van der Waals surface area contributed by atoms with E-state index in [2.05, 4.69) is 30.2 Å². The minimum atomic E-state index is -0.0145. The van der Waals surface area contributed by atoms with E-state index >= 15 is 0 Å². The molecule has 1 heterocycles. The zero-order valence-corrected chi connectivity index (χ0v) is 17.8. The third-order valence-corrected chi connectivity index (χ3v) is 3.50. The minimum absolute atomic E-state index is 0. The molecule has 0 spiro atoms. The maximum absolute atomic E-state index is 10.1. The molecule has 1 aromatic heterocycles. The van der Waals surface area contributed by atoms with Gasteiger partial charge in [0.1, 0.15) is 6.07 Å². The number of aromatic nitrogens is 1. The van der Waals surface area contributed by atoms with Crippen LogP contribution in [0.15, 0.2) is 29.7 Å². The molecule has 2 aromatic rings. The zero-order chi connectivity index (χ0) is 16.7. The molecule has 0 radical (unpaired) electrons. The van der Waals surface area contributed by atoms with Crippen LogP contribution in [0, 0.1) is 23.8 Å². The fraction of sp³-hybridized carbons (Fsp3) is 0.235. The quantitative estimate of drug-likeness (QED) is 0.431. The summed E-state index contributed by atoms with van der Waals surface area (Å²) in [7, 11) is 0. The van der Waals surface area contributed by atoms with E-state index in [1.54, 1.807) is 30.7 Å². The van der Waals surface area contributed by atoms with Crippen molar-refractivity contribution in [2.24, 2.45) is 0 Å². The van der Waals surface area contributed by atoms with Crippen molar-refractivity contribution in [2.75, 3.05) is 11.9 Å². The molecule has 0 saturated heterocycles. The number of aliphatic hydroxyl groups is 1. The minimum Gasteiger partial charge on any atom is -0.552 e. The van der Waals surface area contributed by atoms with Crippen molar-refractivity contribution in [2.45, 2.75) is 19.9 Å². The zero-order valence-electron chi connectivity index (χ0n) is 13.9. The first-order valence-corrected chi connectivity index (χ1v) is 7.94. The van der Waals surface area contributed by atoms with Crippen molar-refractivity contribution >= 4 is 22.2 Å². The number of aliphatic hydroxyl groups excluding tert-OH is 1. The molecule has 24 heavy (non-hydrogen) atoms. The fourth-order valence-electron chi connectivity index (χ4n) is 1.71. The van der Waals surface area contributed by atoms with Crippen LogP contribution in [0.1, 0.15) is 25.1 Å². The van der Waals surface area contributed by atoms with Gasteiger partial charge in [0.15, 0.2) is 11.7 Å². The van der Waals surface area contributed by atoms with Crippen molar-refractivity contribution in [1.29, 1.82) is 5.26 Å². The first-order chi connectivity index (χ1) is 11.1. The Balaban J connectivity index is 0.00000288. The Morgan fingerprint density at radius 3 is 3.00 bits per heavy atom. The van der Waals surface area contributed by atoms with Crippen LogP contribution >= 0.6 is 11.3 Å². The Kier molecular flexibility index (Phi) is 9.44. The van der Waals surface area contributed by atoms with Crippen molar-refractivity contribution in [1.82, 2.24) is 4.98 Å². The summed E-state index contributed by atoms with van der Waals surface area (Å²) in [4.78, 5) is 4.40. The van der Waals surface area contributed by atoms with Gasteiger partial charge in [-0.1, -0.05) is 5.38 Å². The van der Waals surface area contributed by atoms with Gasteiger partial charge in [0.2, 0.25) is 0 Å². The van der Waals surface area contributed by atoms with E-state index in [0.717, 1.165) is 10.8 Å². The average Bonchev–Trinajstić information content (AvgIpc) is 2.97. The molecule has 0 atom stereocenters. The van der Waals surface area contributed by atoms with E-state index < -0.39 is 0 Å². The second kappa shape index (κ2) is 10.8. The van der Waals surface area contributed by atoms with Gasteiger partial charge in [0.05, 0.1) is 0 Å². The van der Waals surface area contributed by atoms with Crippen LogP contribution in [0.4, 0.5) is 5.13 Å². The Labute approximate surface area is 188 Å². The van der Waals surface area contributed by atoms with Crippen molar-refractivity contribution in [3.05, 3.63) is 53.4 Å². The topological polar surface area (TPSA) is 78.2 Å². The summed E-state index contributed by atoms with van der Waals surface area (Å²) < 4.78 is 5.14. The molecule has 0 saturated carbocycles. The number of anilines is 1. The summed E-state index contributed by atoms with van der Waals surface area (Å²) in [6.45, 7) is 4.09. The number of nitriles is 1. The normalized spacial score (nSPS) is 10.7. The Bertz CT molecular complexity index is 705. The molecule has 0 fully saturated rings. The first-order valence-electron chi connectivity index (χ1n) is 7.06. The molecule has 0 aliphatic heterocycles. The molecule has 0 aliphatic rings. The van der Waals surface area contributed by atoms with Crippen LogP contribution in [0.5, 0.6) is 5.75 Å². The number of thiazole rings is 1. The van der Waals surface area contributed by atoms with Gasteiger partial charge in [-0.25, -0.2) is 4.98 Å². The third-order valence-electron chi connectivity index (χ3n) is 2.71. The largest absolute Gasteiger partial charge is 1.00 e. The molecule has 0 aliphatic carbocycles. The number of nitrogens with one attached hydrogen (secondary N) is 1. The van der Waals surface area contributed by atoms with Crippen molar-refractivity contribution in [3.63, 3.8) is 0 Å². The summed E-state index contributed by atoms with van der Waals surface area (Å²) in [5, 5.41) is 24.5. The van der Waals surface area contributed by atoms with E-state index in [4.69, 9.17) is 10.00 Å². The first kappa shape index (κ1) is 21.0. The SMILES string of the molecule is CC(C)Nc1nc([CH-]/C=C(/O)c2[c-]cc(OCC#N)cc2)cs1.[K+]. The van der Waals surface area contributed by atoms with Gasteiger partial charge in [-0.3, -0.25) is 0 Å². The average molecular weight is 367 g/mol. The summed E-state index contributed by atoms with van der Waals surface area (Å²) in [6, 6.07) is 10.1. The molecule has 1 aromatic carbocycles. The summed E-state index contributed by atoms with van der Waals surface area (Å²) in [6.07, 6.45) is 3.32. The van der Waals surface area contributed by atoms with Gasteiger partial charge in [0, 0.05) is 17.6 Å². The maximum atomic E-state index is 10.1. The predicted molar refractivity (Wildman–Crippen MR) is 91.3 cm³/mol. The molecular weight excluding hydrogens is 349 g/mol. The summed E-state index contributed by atoms with van der Waals surface area (Å²) in [5.74, 6) is 0.624. The van der Waals surface area contributed by atoms with Crippen LogP contribution in [-0.2, 0) is 0 Å². The molecule has 7 heteroatoms. The second-order valence-electron chi connectivity index (χ2n) is 4.98. The van der Waals surface area contributed by atoms with E-state index in [1.165, 1.54) is 11.3 Å². The number of nitrogens with zero attached hydrogens (tertiary/aromatic N) is 2. The monoisotopic (exact) mass is 366 g/mol. The molecule has 0 amide bonds. The standard InChI is InChI=1S/C17H17N3O2S.K/c1-12(2)19-17-20-14(11-23-17)5-8-16(21)13-3-6-15(7-4-13)22-10-9-18;/h3,5-8,11-12,21H,10H2,1-2H3,(H,19,20);/q-2;+1/b16-8+;. The predicted octanol–water partition coefficient (Wildman–Crippen LogP) is 0.821. The Morgan fingerprint density at radius 1 is 1.58 bits per heavy atom. The van der Waals surface area contributed by atoms with Gasteiger partial charge in [-0.2, -0.15) is 16.6 Å². The number of hydrogen-bond donors (Lipinski definition) is 2. The van der Waals surface area contributed by atoms with Gasteiger partial charge in [-0.15, -0.1) is 42.3 Å². The van der Waals surface area contributed by atoms with Crippen LogP contribution in [0.2, 0.25) is 0 Å². The number of ether oxygens (including phenoxy) is 1. The van der Waals surface area contributed by atoms with Crippen LogP contribution in [0.25, 0.3) is 5.76 Å². The fourth-order valence-corrected chi connectivity index (χ4v) is 2.53. The molecule has 2 rings (SSSR count). The molecule has 5 nitrogen and oxygen atoms in total. The van der Waals surface area contributed by atoms with Crippen LogP contribution in [0.3, 0.4) is 0 Å². The smallest absolute Gasteiger partial charge is 0.552 e. The summed E-state index contributed by atoms with van der Waals surface area (Å²) in [5.41, 5.74) is 1.32. The molecule has 0 bridgehead atoms. The molecule has 120 valence electrons. The van der Waals surface area contributed by atoms with E-state index in [1.807, 2.05) is 11.4 Å². The number of hydrogen-bond acceptors (Lipinski definition) is 6. The molecule has 2 N–H and O–H groups in total. The Hall–Kier alpha value is -1.01. The van der Waals surface area contributed by atoms with Gasteiger partial charge in [-0.05, 0) is 19.5 Å². The summed E-state index contributed by atoms with van der Waals surface area (Å²) >= 11 is 1.52. The van der Waals surface area contributed by atoms with E-state index in [0.29, 0.717) is 17.4 Å². The number of benzene rings is 1. The van der Waals surface area contributed by atoms with E-state index in [-0.39, 0.29) is 63.8 Å². The number of allylic oxidation sites excluding steroid dienone is 1. The third kappa shape index (κ3) is 6.85. The van der Waals surface area contributed by atoms with Gasteiger partial charge >= 0.3 is 51.4 Å². The number of rotatable bonds is 7. The maximum Gasteiger partial charge on any atom is 1.00 e. The van der Waals surface area contributed by atoms with Crippen LogP contribution < -0.4 is 61.4 Å². The van der Waals surface area contributed by atoms with E-state index in [9.17, 15) is 5.11 Å². The van der Waals surface area contributed by atoms with Crippen molar-refractivity contribution < 1.29 is 61.2 Å². The van der Waals surface area contributed by atoms with Gasteiger partial charge < -0.3 is 15.2 Å². The van der Waals surface area contributed by atoms with Crippen molar-refractivity contribution in [3.8, 4) is 11.8 Å².